The highest BCUT2D eigenvalue weighted by Crippen LogP contribution is 2.11. The Morgan fingerprint density at radius 1 is 1.40 bits per heavy atom. The molecular weight excluding hydrogens is 360 g/mol. The van der Waals surface area contributed by atoms with Crippen LogP contribution in [0.2, 0.25) is 0 Å². The van der Waals surface area contributed by atoms with E-state index in [1.165, 1.54) is 4.88 Å². The highest BCUT2D eigenvalue weighted by Gasteiger charge is 2.28. The molecule has 0 radical (unpaired) electrons. The molecule has 140 valence electrons. The van der Waals surface area contributed by atoms with Crippen molar-refractivity contribution in [3.63, 3.8) is 0 Å². The summed E-state index contributed by atoms with van der Waals surface area (Å²) < 4.78 is 22.8. The first-order valence-corrected chi connectivity index (χ1v) is 11.2. The molecule has 1 aliphatic rings. The van der Waals surface area contributed by atoms with Gasteiger partial charge in [-0.1, -0.05) is 6.07 Å². The molecule has 25 heavy (non-hydrogen) atoms. The lowest BCUT2D eigenvalue weighted by Crippen LogP contribution is -2.41. The SMILES string of the molecule is CCNC(=NCCc1cccs1)NCCC(=O)NC1CCS(=O)(=O)C1. The van der Waals surface area contributed by atoms with Crippen molar-refractivity contribution in [3.05, 3.63) is 22.4 Å². The maximum atomic E-state index is 11.9. The fraction of sp³-hybridized carbons (Fsp3) is 0.625. The molecule has 1 unspecified atom stereocenters. The van der Waals surface area contributed by atoms with Crippen molar-refractivity contribution < 1.29 is 13.2 Å². The lowest BCUT2D eigenvalue weighted by Gasteiger charge is -2.13. The van der Waals surface area contributed by atoms with Gasteiger partial charge in [0.2, 0.25) is 5.91 Å². The predicted octanol–water partition coefficient (Wildman–Crippen LogP) is 0.539. The Kier molecular flexibility index (Phi) is 7.70. The van der Waals surface area contributed by atoms with Crippen molar-refractivity contribution in [2.75, 3.05) is 31.1 Å². The summed E-state index contributed by atoms with van der Waals surface area (Å²) in [6.07, 6.45) is 1.69. The third-order valence-electron chi connectivity index (χ3n) is 3.79. The standard InChI is InChI=1S/C16H26N4O3S2/c1-2-17-16(18-8-5-14-4-3-10-24-14)19-9-6-15(21)20-13-7-11-25(22,23)12-13/h3-4,10,13H,2,5-9,11-12H2,1H3,(H,20,21)(H2,17,18,19). The van der Waals surface area contributed by atoms with E-state index < -0.39 is 9.84 Å². The van der Waals surface area contributed by atoms with E-state index in [0.29, 0.717) is 25.5 Å². The number of nitrogens with one attached hydrogen (secondary N) is 3. The molecule has 1 aromatic heterocycles. The second kappa shape index (κ2) is 9.76. The van der Waals surface area contributed by atoms with Gasteiger partial charge in [0, 0.05) is 43.4 Å². The van der Waals surface area contributed by atoms with Crippen LogP contribution in [-0.4, -0.2) is 57.5 Å². The molecule has 1 aromatic rings. The Morgan fingerprint density at radius 3 is 2.88 bits per heavy atom. The second-order valence-electron chi connectivity index (χ2n) is 5.93. The zero-order valence-electron chi connectivity index (χ0n) is 14.5. The molecule has 0 aromatic carbocycles. The van der Waals surface area contributed by atoms with Gasteiger partial charge >= 0.3 is 0 Å². The van der Waals surface area contributed by atoms with Gasteiger partial charge in [0.1, 0.15) is 0 Å². The quantitative estimate of drug-likeness (QED) is 0.447. The van der Waals surface area contributed by atoms with Crippen LogP contribution in [0.3, 0.4) is 0 Å². The fourth-order valence-electron chi connectivity index (χ4n) is 2.58. The molecule has 7 nitrogen and oxygen atoms in total. The maximum absolute atomic E-state index is 11.9. The highest BCUT2D eigenvalue weighted by molar-refractivity contribution is 7.91. The molecule has 1 fully saturated rings. The van der Waals surface area contributed by atoms with Crippen molar-refractivity contribution >= 4 is 33.0 Å². The molecule has 0 saturated carbocycles. The second-order valence-corrected chi connectivity index (χ2v) is 9.20. The van der Waals surface area contributed by atoms with Crippen LogP contribution in [0.1, 0.15) is 24.6 Å². The molecule has 1 aliphatic heterocycles. The fourth-order valence-corrected chi connectivity index (χ4v) is 4.95. The average molecular weight is 387 g/mol. The summed E-state index contributed by atoms with van der Waals surface area (Å²) in [4.78, 5) is 17.7. The summed E-state index contributed by atoms with van der Waals surface area (Å²) >= 11 is 1.72. The Balaban J connectivity index is 1.68. The molecule has 2 rings (SSSR count). The first-order chi connectivity index (χ1) is 12.0. The number of hydrogen-bond acceptors (Lipinski definition) is 5. The number of aliphatic imine (C=N–C) groups is 1. The number of amides is 1. The molecule has 9 heteroatoms. The smallest absolute Gasteiger partial charge is 0.222 e. The van der Waals surface area contributed by atoms with Crippen molar-refractivity contribution in [3.8, 4) is 0 Å². The van der Waals surface area contributed by atoms with Crippen molar-refractivity contribution in [2.45, 2.75) is 32.2 Å². The molecule has 3 N–H and O–H groups in total. The van der Waals surface area contributed by atoms with E-state index in [2.05, 4.69) is 32.4 Å². The molecule has 2 heterocycles. The van der Waals surface area contributed by atoms with Gasteiger partial charge in [-0.3, -0.25) is 9.79 Å². The zero-order chi connectivity index (χ0) is 18.1. The van der Waals surface area contributed by atoms with Gasteiger partial charge < -0.3 is 16.0 Å². The summed E-state index contributed by atoms with van der Waals surface area (Å²) in [5, 5.41) is 11.1. The third kappa shape index (κ3) is 7.43. The Morgan fingerprint density at radius 2 is 2.24 bits per heavy atom. The monoisotopic (exact) mass is 386 g/mol. The van der Waals surface area contributed by atoms with E-state index in [-0.39, 0.29) is 29.9 Å². The van der Waals surface area contributed by atoms with Gasteiger partial charge in [-0.2, -0.15) is 0 Å². The molecular formula is C16H26N4O3S2. The van der Waals surface area contributed by atoms with E-state index >= 15 is 0 Å². The van der Waals surface area contributed by atoms with Crippen molar-refractivity contribution in [1.29, 1.82) is 0 Å². The molecule has 1 saturated heterocycles. The minimum atomic E-state index is -2.97. The average Bonchev–Trinajstić information content (AvgIpc) is 3.17. The lowest BCUT2D eigenvalue weighted by molar-refractivity contribution is -0.121. The van der Waals surface area contributed by atoms with Gasteiger partial charge in [0.05, 0.1) is 11.5 Å². The predicted molar refractivity (Wildman–Crippen MR) is 102 cm³/mol. The van der Waals surface area contributed by atoms with Crippen LogP contribution >= 0.6 is 11.3 Å². The summed E-state index contributed by atoms with van der Waals surface area (Å²) in [5.74, 6) is 0.774. The van der Waals surface area contributed by atoms with Gasteiger partial charge in [-0.15, -0.1) is 11.3 Å². The summed E-state index contributed by atoms with van der Waals surface area (Å²) in [6, 6.07) is 3.88. The number of sulfone groups is 1. The van der Waals surface area contributed by atoms with Gasteiger partial charge in [0.15, 0.2) is 15.8 Å². The summed E-state index contributed by atoms with van der Waals surface area (Å²) in [5.41, 5.74) is 0. The normalized spacial score (nSPS) is 19.6. The lowest BCUT2D eigenvalue weighted by atomic mass is 10.2. The minimum absolute atomic E-state index is 0.0546. The number of thiophene rings is 1. The third-order valence-corrected chi connectivity index (χ3v) is 6.50. The highest BCUT2D eigenvalue weighted by atomic mass is 32.2. The van der Waals surface area contributed by atoms with Crippen LogP contribution in [0, 0.1) is 0 Å². The largest absolute Gasteiger partial charge is 0.357 e. The van der Waals surface area contributed by atoms with Crippen molar-refractivity contribution in [2.24, 2.45) is 4.99 Å². The Hall–Kier alpha value is -1.61. The van der Waals surface area contributed by atoms with E-state index in [0.717, 1.165) is 13.0 Å². The van der Waals surface area contributed by atoms with E-state index in [1.54, 1.807) is 11.3 Å². The van der Waals surface area contributed by atoms with Crippen LogP contribution in [0.4, 0.5) is 0 Å². The number of carbonyl (C=O) groups is 1. The molecule has 0 bridgehead atoms. The Labute approximate surface area is 153 Å². The van der Waals surface area contributed by atoms with Crippen LogP contribution in [0.25, 0.3) is 0 Å². The number of nitrogens with zero attached hydrogens (tertiary/aromatic N) is 1. The molecule has 0 spiro atoms. The maximum Gasteiger partial charge on any atom is 0.222 e. The number of carbonyl (C=O) groups excluding carboxylic acids is 1. The van der Waals surface area contributed by atoms with E-state index in [4.69, 9.17) is 0 Å². The van der Waals surface area contributed by atoms with Gasteiger partial charge in [0.25, 0.3) is 0 Å². The van der Waals surface area contributed by atoms with Crippen LogP contribution in [0.15, 0.2) is 22.5 Å². The Bertz CT molecular complexity index is 672. The van der Waals surface area contributed by atoms with Gasteiger partial charge in [-0.25, -0.2) is 8.42 Å². The zero-order valence-corrected chi connectivity index (χ0v) is 16.1. The number of hydrogen-bond donors (Lipinski definition) is 3. The first-order valence-electron chi connectivity index (χ1n) is 8.53. The topological polar surface area (TPSA) is 99.7 Å². The van der Waals surface area contributed by atoms with E-state index in [9.17, 15) is 13.2 Å². The van der Waals surface area contributed by atoms with Gasteiger partial charge in [-0.05, 0) is 24.8 Å². The molecule has 0 aliphatic carbocycles. The first kappa shape index (κ1) is 19.7. The number of guanidine groups is 1. The van der Waals surface area contributed by atoms with Crippen LogP contribution < -0.4 is 16.0 Å². The molecule has 1 atom stereocenters. The summed E-state index contributed by atoms with van der Waals surface area (Å²) in [6.45, 7) is 3.87. The summed E-state index contributed by atoms with van der Waals surface area (Å²) in [7, 11) is -2.97. The van der Waals surface area contributed by atoms with E-state index in [1.807, 2.05) is 13.0 Å². The minimum Gasteiger partial charge on any atom is -0.357 e. The van der Waals surface area contributed by atoms with Crippen LogP contribution in [-0.2, 0) is 21.1 Å². The molecule has 1 amide bonds. The van der Waals surface area contributed by atoms with Crippen molar-refractivity contribution in [1.82, 2.24) is 16.0 Å². The number of rotatable bonds is 8. The van der Waals surface area contributed by atoms with Crippen LogP contribution in [0.5, 0.6) is 0 Å².